The third-order valence-corrected chi connectivity index (χ3v) is 2.38. The molecule has 0 N–H and O–H groups in total. The number of nitrogens with zero attached hydrogens (tertiary/aromatic N) is 1. The Morgan fingerprint density at radius 2 is 1.83 bits per heavy atom. The van der Waals surface area contributed by atoms with Gasteiger partial charge in [-0.05, 0) is 6.07 Å². The summed E-state index contributed by atoms with van der Waals surface area (Å²) in [6.45, 7) is -1.48. The number of rotatable bonds is 5. The van der Waals surface area contributed by atoms with Gasteiger partial charge in [0.1, 0.15) is 11.6 Å². The Morgan fingerprint density at radius 3 is 2.33 bits per heavy atom. The van der Waals surface area contributed by atoms with E-state index in [-0.39, 0.29) is 24.5 Å². The molecular formula is C11H11ClF5N. The molecule has 0 amide bonds. The summed E-state index contributed by atoms with van der Waals surface area (Å²) in [6, 6.07) is 2.77. The van der Waals surface area contributed by atoms with Crippen LogP contribution in [0.15, 0.2) is 18.2 Å². The van der Waals surface area contributed by atoms with Crippen LogP contribution in [-0.4, -0.2) is 30.0 Å². The topological polar surface area (TPSA) is 3.24 Å². The van der Waals surface area contributed by atoms with Crippen molar-refractivity contribution in [3.8, 4) is 0 Å². The van der Waals surface area contributed by atoms with Crippen LogP contribution in [0, 0.1) is 11.6 Å². The first kappa shape index (κ1) is 15.2. The molecule has 0 unspecified atom stereocenters. The van der Waals surface area contributed by atoms with Gasteiger partial charge < -0.3 is 0 Å². The molecule has 0 fully saturated rings. The van der Waals surface area contributed by atoms with E-state index in [9.17, 15) is 22.0 Å². The number of hydrogen-bond acceptors (Lipinski definition) is 1. The lowest BCUT2D eigenvalue weighted by Crippen LogP contribution is -2.35. The molecule has 1 aromatic rings. The van der Waals surface area contributed by atoms with Gasteiger partial charge in [-0.3, -0.25) is 4.90 Å². The zero-order chi connectivity index (χ0) is 13.8. The molecule has 0 aliphatic rings. The van der Waals surface area contributed by atoms with Crippen molar-refractivity contribution in [3.63, 3.8) is 0 Å². The Bertz CT molecular complexity index is 394. The average molecular weight is 288 g/mol. The van der Waals surface area contributed by atoms with E-state index in [4.69, 9.17) is 11.6 Å². The van der Waals surface area contributed by atoms with E-state index in [0.717, 1.165) is 17.0 Å². The highest BCUT2D eigenvalue weighted by Gasteiger charge is 2.30. The maximum atomic E-state index is 13.3. The summed E-state index contributed by atoms with van der Waals surface area (Å²) in [4.78, 5) is 0.962. The summed E-state index contributed by atoms with van der Waals surface area (Å²) in [5.74, 6) is -1.63. The van der Waals surface area contributed by atoms with E-state index >= 15 is 0 Å². The van der Waals surface area contributed by atoms with Gasteiger partial charge in [-0.1, -0.05) is 6.07 Å². The fourth-order valence-electron chi connectivity index (χ4n) is 1.48. The van der Waals surface area contributed by atoms with Crippen molar-refractivity contribution in [2.24, 2.45) is 0 Å². The zero-order valence-corrected chi connectivity index (χ0v) is 10.0. The van der Waals surface area contributed by atoms with Gasteiger partial charge in [-0.15, -0.1) is 11.6 Å². The van der Waals surface area contributed by atoms with Crippen LogP contribution in [0.3, 0.4) is 0 Å². The molecule has 0 saturated carbocycles. The van der Waals surface area contributed by atoms with Gasteiger partial charge >= 0.3 is 6.18 Å². The molecule has 0 heterocycles. The van der Waals surface area contributed by atoms with Gasteiger partial charge in [0.05, 0.1) is 6.54 Å². The number of hydrogen-bond donors (Lipinski definition) is 0. The number of alkyl halides is 4. The molecule has 0 aliphatic carbocycles. The molecular weight excluding hydrogens is 277 g/mol. The molecule has 1 rings (SSSR count). The Labute approximate surface area is 106 Å². The van der Waals surface area contributed by atoms with E-state index in [1.807, 2.05) is 0 Å². The van der Waals surface area contributed by atoms with Crippen LogP contribution in [0.25, 0.3) is 0 Å². The highest BCUT2D eigenvalue weighted by Crippen LogP contribution is 2.19. The smallest absolute Gasteiger partial charge is 0.289 e. The van der Waals surface area contributed by atoms with Gasteiger partial charge in [-0.2, -0.15) is 13.2 Å². The van der Waals surface area contributed by atoms with E-state index in [1.54, 1.807) is 0 Å². The minimum absolute atomic E-state index is 0.00110. The third-order valence-electron chi connectivity index (χ3n) is 2.21. The molecule has 7 heteroatoms. The second-order valence-corrected chi connectivity index (χ2v) is 4.13. The number of benzene rings is 1. The van der Waals surface area contributed by atoms with Crippen molar-refractivity contribution in [3.05, 3.63) is 35.4 Å². The Kier molecular flexibility index (Phi) is 5.34. The van der Waals surface area contributed by atoms with Crippen LogP contribution in [-0.2, 0) is 6.54 Å². The van der Waals surface area contributed by atoms with E-state index < -0.39 is 24.4 Å². The molecule has 1 aromatic carbocycles. The zero-order valence-electron chi connectivity index (χ0n) is 9.28. The monoisotopic (exact) mass is 287 g/mol. The lowest BCUT2D eigenvalue weighted by Gasteiger charge is -2.22. The molecule has 1 nitrogen and oxygen atoms in total. The first-order chi connectivity index (χ1) is 8.31. The molecule has 0 spiro atoms. The molecule has 18 heavy (non-hydrogen) atoms. The minimum Gasteiger partial charge on any atom is -0.289 e. The second-order valence-electron chi connectivity index (χ2n) is 3.75. The van der Waals surface area contributed by atoms with Crippen LogP contribution in [0.1, 0.15) is 5.56 Å². The van der Waals surface area contributed by atoms with E-state index in [0.29, 0.717) is 6.07 Å². The highest BCUT2D eigenvalue weighted by molar-refractivity contribution is 6.18. The van der Waals surface area contributed by atoms with Gasteiger partial charge in [0.15, 0.2) is 0 Å². The van der Waals surface area contributed by atoms with Crippen molar-refractivity contribution in [1.29, 1.82) is 0 Å². The average Bonchev–Trinajstić information content (AvgIpc) is 2.20. The molecule has 0 bridgehead atoms. The van der Waals surface area contributed by atoms with Gasteiger partial charge in [0.2, 0.25) is 0 Å². The fraction of sp³-hybridized carbons (Fsp3) is 0.455. The van der Waals surface area contributed by atoms with Gasteiger partial charge in [0.25, 0.3) is 0 Å². The van der Waals surface area contributed by atoms with Crippen molar-refractivity contribution in [2.45, 2.75) is 12.7 Å². The summed E-state index contributed by atoms with van der Waals surface area (Å²) < 4.78 is 62.7. The SMILES string of the molecule is Fc1ccc(CN(CCCl)CC(F)(F)F)c(F)c1. The first-order valence-corrected chi connectivity index (χ1v) is 5.64. The molecule has 0 saturated heterocycles. The molecule has 0 aliphatic heterocycles. The molecule has 0 aromatic heterocycles. The Morgan fingerprint density at radius 1 is 1.17 bits per heavy atom. The van der Waals surface area contributed by atoms with Gasteiger partial charge in [-0.25, -0.2) is 8.78 Å². The second kappa shape index (κ2) is 6.33. The third kappa shape index (κ3) is 5.18. The quantitative estimate of drug-likeness (QED) is 0.591. The largest absolute Gasteiger partial charge is 0.401 e. The first-order valence-electron chi connectivity index (χ1n) is 5.11. The summed E-state index contributed by atoms with van der Waals surface area (Å²) in [5.41, 5.74) is 0.00534. The normalized spacial score (nSPS) is 12.2. The van der Waals surface area contributed by atoms with Crippen molar-refractivity contribution >= 4 is 11.6 Å². The standard InChI is InChI=1S/C11H11ClF5N/c12-3-4-18(7-11(15,16)17)6-8-1-2-9(13)5-10(8)14/h1-2,5H,3-4,6-7H2. The lowest BCUT2D eigenvalue weighted by molar-refractivity contribution is -0.146. The van der Waals surface area contributed by atoms with Gasteiger partial charge in [0, 0.05) is 30.6 Å². The van der Waals surface area contributed by atoms with Crippen LogP contribution >= 0.6 is 11.6 Å². The molecule has 0 radical (unpaired) electrons. The number of halogens is 6. The molecule has 0 atom stereocenters. The predicted octanol–water partition coefficient (Wildman–Crippen LogP) is 3.57. The summed E-state index contributed by atoms with van der Waals surface area (Å²) >= 11 is 5.39. The van der Waals surface area contributed by atoms with E-state index in [2.05, 4.69) is 0 Å². The maximum absolute atomic E-state index is 13.3. The van der Waals surface area contributed by atoms with Crippen molar-refractivity contribution in [1.82, 2.24) is 4.90 Å². The lowest BCUT2D eigenvalue weighted by atomic mass is 10.2. The summed E-state index contributed by atoms with van der Waals surface area (Å²) in [7, 11) is 0. The van der Waals surface area contributed by atoms with E-state index in [1.165, 1.54) is 0 Å². The van der Waals surface area contributed by atoms with Crippen molar-refractivity contribution < 1.29 is 22.0 Å². The van der Waals surface area contributed by atoms with Crippen LogP contribution < -0.4 is 0 Å². The Balaban J connectivity index is 2.76. The van der Waals surface area contributed by atoms with Crippen LogP contribution in [0.2, 0.25) is 0 Å². The Hall–Kier alpha value is -0.880. The maximum Gasteiger partial charge on any atom is 0.401 e. The summed E-state index contributed by atoms with van der Waals surface area (Å²) in [6.07, 6.45) is -4.39. The minimum atomic E-state index is -4.39. The fourth-order valence-corrected chi connectivity index (χ4v) is 1.72. The van der Waals surface area contributed by atoms with Crippen molar-refractivity contribution in [2.75, 3.05) is 19.0 Å². The highest BCUT2D eigenvalue weighted by atomic mass is 35.5. The van der Waals surface area contributed by atoms with Crippen LogP contribution in [0.4, 0.5) is 22.0 Å². The predicted molar refractivity (Wildman–Crippen MR) is 58.4 cm³/mol. The summed E-state index contributed by atoms with van der Waals surface area (Å²) in [5, 5.41) is 0. The molecule has 102 valence electrons. The van der Waals surface area contributed by atoms with Crippen LogP contribution in [0.5, 0.6) is 0 Å².